The molecule has 0 radical (unpaired) electrons. The van der Waals surface area contributed by atoms with E-state index in [4.69, 9.17) is 0 Å². The summed E-state index contributed by atoms with van der Waals surface area (Å²) in [5, 5.41) is 0. The number of hydrogen-bond donors (Lipinski definition) is 0. The van der Waals surface area contributed by atoms with Gasteiger partial charge in [-0.25, -0.2) is 0 Å². The third kappa shape index (κ3) is 4.05. The molecule has 1 aromatic carbocycles. The van der Waals surface area contributed by atoms with Gasteiger partial charge in [-0.2, -0.15) is 0 Å². The Hall–Kier alpha value is -0.183. The molecular formula is C14H23Li. The van der Waals surface area contributed by atoms with Crippen LogP contribution in [0.5, 0.6) is 0 Å². The van der Waals surface area contributed by atoms with Crippen LogP contribution in [0, 0.1) is 0 Å². The second-order valence-electron chi connectivity index (χ2n) is 6.08. The maximum Gasteiger partial charge on any atom is 1.00 e. The van der Waals surface area contributed by atoms with E-state index >= 15 is 0 Å². The summed E-state index contributed by atoms with van der Waals surface area (Å²) in [4.78, 5) is 0. The standard InChI is InChI=1S/C14H22.Li.H/c1-13(2,3)11-8-7-9-12(10-11)14(4,5)6;;/h7-10H,1-6H3;;/q;+1;-1. The normalized spacial score (nSPS) is 12.1. The minimum absolute atomic E-state index is 0. The summed E-state index contributed by atoms with van der Waals surface area (Å²) in [6.45, 7) is 13.6. The summed E-state index contributed by atoms with van der Waals surface area (Å²) < 4.78 is 0. The molecule has 0 aromatic heterocycles. The molecule has 0 N–H and O–H groups in total. The molecule has 0 spiro atoms. The van der Waals surface area contributed by atoms with Crippen molar-refractivity contribution in [1.29, 1.82) is 0 Å². The van der Waals surface area contributed by atoms with Gasteiger partial charge in [0.05, 0.1) is 0 Å². The molecule has 0 fully saturated rings. The summed E-state index contributed by atoms with van der Waals surface area (Å²) in [7, 11) is 0. The molecule has 0 heterocycles. The largest absolute Gasteiger partial charge is 1.00 e. The third-order valence-corrected chi connectivity index (χ3v) is 2.59. The number of benzene rings is 1. The second-order valence-corrected chi connectivity index (χ2v) is 6.08. The van der Waals surface area contributed by atoms with Crippen molar-refractivity contribution in [1.82, 2.24) is 0 Å². The summed E-state index contributed by atoms with van der Waals surface area (Å²) in [6, 6.07) is 8.94. The molecule has 0 saturated heterocycles. The summed E-state index contributed by atoms with van der Waals surface area (Å²) >= 11 is 0. The molecule has 80 valence electrons. The van der Waals surface area contributed by atoms with Crippen molar-refractivity contribution in [2.75, 3.05) is 0 Å². The third-order valence-electron chi connectivity index (χ3n) is 2.59. The fourth-order valence-corrected chi connectivity index (χ4v) is 1.45. The quantitative estimate of drug-likeness (QED) is 0.553. The van der Waals surface area contributed by atoms with Gasteiger partial charge in [-0.05, 0) is 22.0 Å². The van der Waals surface area contributed by atoms with Crippen LogP contribution in [-0.4, -0.2) is 0 Å². The maximum atomic E-state index is 2.33. The first-order valence-electron chi connectivity index (χ1n) is 5.32. The van der Waals surface area contributed by atoms with E-state index in [9.17, 15) is 0 Å². The summed E-state index contributed by atoms with van der Waals surface area (Å²) in [5.74, 6) is 0. The monoisotopic (exact) mass is 198 g/mol. The Kier molecular flexibility index (Phi) is 4.71. The van der Waals surface area contributed by atoms with Gasteiger partial charge in [0.2, 0.25) is 0 Å². The second kappa shape index (κ2) is 4.77. The Morgan fingerprint density at radius 3 is 1.40 bits per heavy atom. The Morgan fingerprint density at radius 1 is 0.800 bits per heavy atom. The van der Waals surface area contributed by atoms with E-state index in [-0.39, 0.29) is 31.1 Å². The van der Waals surface area contributed by atoms with Crippen LogP contribution in [0.2, 0.25) is 0 Å². The zero-order valence-corrected chi connectivity index (χ0v) is 11.3. The van der Waals surface area contributed by atoms with Gasteiger partial charge in [-0.1, -0.05) is 65.8 Å². The van der Waals surface area contributed by atoms with Gasteiger partial charge in [0, 0.05) is 0 Å². The van der Waals surface area contributed by atoms with Crippen LogP contribution in [0.1, 0.15) is 54.1 Å². The van der Waals surface area contributed by atoms with Crippen molar-refractivity contribution in [3.63, 3.8) is 0 Å². The van der Waals surface area contributed by atoms with Gasteiger partial charge in [-0.3, -0.25) is 0 Å². The van der Waals surface area contributed by atoms with Crippen LogP contribution in [0.4, 0.5) is 0 Å². The molecule has 0 unspecified atom stereocenters. The maximum absolute atomic E-state index is 2.33. The number of rotatable bonds is 0. The van der Waals surface area contributed by atoms with E-state index in [0.29, 0.717) is 0 Å². The molecule has 0 aliphatic rings. The van der Waals surface area contributed by atoms with E-state index in [0.717, 1.165) is 0 Å². The minimum Gasteiger partial charge on any atom is -1.00 e. The van der Waals surface area contributed by atoms with E-state index in [1.54, 1.807) is 0 Å². The van der Waals surface area contributed by atoms with Crippen molar-refractivity contribution in [3.8, 4) is 0 Å². The van der Waals surface area contributed by atoms with E-state index in [1.807, 2.05) is 0 Å². The molecule has 1 heteroatoms. The van der Waals surface area contributed by atoms with Crippen LogP contribution in [0.3, 0.4) is 0 Å². The SMILES string of the molecule is CC(C)(C)c1cccc(C(C)(C)C)c1.[H-].[Li+]. The summed E-state index contributed by atoms with van der Waals surface area (Å²) in [5.41, 5.74) is 3.34. The smallest absolute Gasteiger partial charge is 1.00 e. The topological polar surface area (TPSA) is 0 Å². The summed E-state index contributed by atoms with van der Waals surface area (Å²) in [6.07, 6.45) is 0. The minimum atomic E-state index is 0. The van der Waals surface area contributed by atoms with Crippen LogP contribution in [0.25, 0.3) is 0 Å². The molecule has 0 amide bonds. The van der Waals surface area contributed by atoms with Crippen molar-refractivity contribution in [3.05, 3.63) is 35.4 Å². The van der Waals surface area contributed by atoms with Gasteiger partial charge in [-0.15, -0.1) is 0 Å². The molecule has 1 aromatic rings. The Bertz CT molecular complexity index is 289. The number of hydrogen-bond acceptors (Lipinski definition) is 0. The van der Waals surface area contributed by atoms with E-state index in [1.165, 1.54) is 11.1 Å². The van der Waals surface area contributed by atoms with Crippen molar-refractivity contribution < 1.29 is 20.3 Å². The molecule has 0 bridgehead atoms. The average Bonchev–Trinajstić information content (AvgIpc) is 2.01. The van der Waals surface area contributed by atoms with Crippen molar-refractivity contribution in [2.24, 2.45) is 0 Å². The first-order chi connectivity index (χ1) is 6.21. The van der Waals surface area contributed by atoms with Crippen LogP contribution in [-0.2, 0) is 10.8 Å². The molecule has 0 saturated carbocycles. The van der Waals surface area contributed by atoms with Crippen LogP contribution < -0.4 is 18.9 Å². The van der Waals surface area contributed by atoms with Crippen molar-refractivity contribution in [2.45, 2.75) is 52.4 Å². The first kappa shape index (κ1) is 14.8. The molecule has 1 rings (SSSR count). The zero-order valence-electron chi connectivity index (χ0n) is 12.3. The molecule has 0 aliphatic heterocycles. The van der Waals surface area contributed by atoms with Crippen LogP contribution in [0.15, 0.2) is 24.3 Å². The molecular weight excluding hydrogens is 175 g/mol. The fraction of sp³-hybridized carbons (Fsp3) is 0.571. The molecule has 15 heavy (non-hydrogen) atoms. The fourth-order valence-electron chi connectivity index (χ4n) is 1.45. The zero-order chi connectivity index (χ0) is 11.0. The molecule has 0 aliphatic carbocycles. The Balaban J connectivity index is 0. The average molecular weight is 198 g/mol. The Morgan fingerprint density at radius 2 is 1.13 bits per heavy atom. The van der Waals surface area contributed by atoms with Gasteiger partial charge < -0.3 is 1.43 Å². The predicted octanol–water partition coefficient (Wildman–Crippen LogP) is 1.40. The van der Waals surface area contributed by atoms with E-state index < -0.39 is 0 Å². The van der Waals surface area contributed by atoms with Crippen LogP contribution >= 0.6 is 0 Å². The van der Waals surface area contributed by atoms with Crippen molar-refractivity contribution >= 4 is 0 Å². The molecule has 0 atom stereocenters. The first-order valence-corrected chi connectivity index (χ1v) is 5.32. The molecule has 0 nitrogen and oxygen atoms in total. The van der Waals surface area contributed by atoms with Gasteiger partial charge in [0.25, 0.3) is 0 Å². The predicted molar refractivity (Wildman–Crippen MR) is 65.0 cm³/mol. The van der Waals surface area contributed by atoms with E-state index in [2.05, 4.69) is 65.8 Å². The van der Waals surface area contributed by atoms with Gasteiger partial charge in [0.15, 0.2) is 0 Å². The van der Waals surface area contributed by atoms with Gasteiger partial charge >= 0.3 is 18.9 Å². The van der Waals surface area contributed by atoms with Gasteiger partial charge in [0.1, 0.15) is 0 Å². The Labute approximate surface area is 108 Å².